The number of sulfone groups is 1. The summed E-state index contributed by atoms with van der Waals surface area (Å²) in [5, 5.41) is 0. The number of rotatable bonds is 7. The number of amides is 1. The fourth-order valence-electron chi connectivity index (χ4n) is 2.82. The number of benzene rings is 2. The fraction of sp³-hybridized carbons (Fsp3) is 0.350. The Morgan fingerprint density at radius 3 is 2.28 bits per heavy atom. The van der Waals surface area contributed by atoms with Gasteiger partial charge in [-0.3, -0.25) is 4.79 Å². The Morgan fingerprint density at radius 1 is 1.04 bits per heavy atom. The lowest BCUT2D eigenvalue weighted by atomic mass is 10.2. The molecular formula is C20H23NO3S. The summed E-state index contributed by atoms with van der Waals surface area (Å²) in [6.45, 7) is 2.46. The summed E-state index contributed by atoms with van der Waals surface area (Å²) < 4.78 is 24.9. The van der Waals surface area contributed by atoms with E-state index < -0.39 is 9.84 Å². The molecule has 0 atom stereocenters. The first kappa shape index (κ1) is 17.7. The normalized spacial score (nSPS) is 14.3. The van der Waals surface area contributed by atoms with Crippen LogP contribution in [0.2, 0.25) is 0 Å². The Morgan fingerprint density at radius 2 is 1.68 bits per heavy atom. The molecule has 0 heterocycles. The minimum absolute atomic E-state index is 0.0273. The molecule has 0 radical (unpaired) electrons. The van der Waals surface area contributed by atoms with E-state index in [1.807, 2.05) is 42.2 Å². The molecule has 1 amide bonds. The first-order valence-electron chi connectivity index (χ1n) is 8.58. The largest absolute Gasteiger partial charge is 0.335 e. The number of carbonyl (C=O) groups is 1. The maximum Gasteiger partial charge on any atom is 0.224 e. The number of hydrogen-bond acceptors (Lipinski definition) is 3. The van der Waals surface area contributed by atoms with Gasteiger partial charge >= 0.3 is 0 Å². The highest BCUT2D eigenvalue weighted by molar-refractivity contribution is 7.91. The van der Waals surface area contributed by atoms with E-state index in [4.69, 9.17) is 0 Å². The zero-order valence-electron chi connectivity index (χ0n) is 14.4. The van der Waals surface area contributed by atoms with Crippen LogP contribution in [0.3, 0.4) is 0 Å². The van der Waals surface area contributed by atoms with Gasteiger partial charge in [0.05, 0.1) is 10.6 Å². The molecule has 1 fully saturated rings. The lowest BCUT2D eigenvalue weighted by molar-refractivity contribution is -0.132. The third kappa shape index (κ3) is 4.69. The van der Waals surface area contributed by atoms with Crippen molar-refractivity contribution in [3.8, 4) is 0 Å². The predicted octanol–water partition coefficient (Wildman–Crippen LogP) is 3.35. The van der Waals surface area contributed by atoms with Crippen LogP contribution < -0.4 is 0 Å². The third-order valence-electron chi connectivity index (χ3n) is 4.47. The van der Waals surface area contributed by atoms with Crippen LogP contribution >= 0.6 is 0 Å². The molecule has 25 heavy (non-hydrogen) atoms. The van der Waals surface area contributed by atoms with Crippen molar-refractivity contribution in [2.45, 2.75) is 43.7 Å². The number of hydrogen-bond donors (Lipinski definition) is 0. The second-order valence-corrected chi connectivity index (χ2v) is 8.73. The van der Waals surface area contributed by atoms with Gasteiger partial charge in [-0.1, -0.05) is 48.0 Å². The summed E-state index contributed by atoms with van der Waals surface area (Å²) in [4.78, 5) is 14.7. The Hall–Kier alpha value is -2.14. The summed E-state index contributed by atoms with van der Waals surface area (Å²) in [7, 11) is -3.43. The standard InChI is InChI=1S/C20H23NO3S/c1-16-7-11-19(12-8-16)25(23,24)14-13-20(22)21(18-9-10-18)15-17-5-3-2-4-6-17/h2-8,11-12,18H,9-10,13-15H2,1H3. The zero-order valence-corrected chi connectivity index (χ0v) is 15.2. The van der Waals surface area contributed by atoms with E-state index in [1.165, 1.54) is 0 Å². The maximum atomic E-state index is 12.6. The van der Waals surface area contributed by atoms with E-state index in [0.717, 1.165) is 24.0 Å². The fourth-order valence-corrected chi connectivity index (χ4v) is 4.05. The van der Waals surface area contributed by atoms with Crippen LogP contribution in [0.1, 0.15) is 30.4 Å². The molecule has 0 unspecified atom stereocenters. The highest BCUT2D eigenvalue weighted by Gasteiger charge is 2.32. The molecule has 3 rings (SSSR count). The van der Waals surface area contributed by atoms with Gasteiger partial charge in [0.2, 0.25) is 5.91 Å². The van der Waals surface area contributed by atoms with Gasteiger partial charge in [-0.05, 0) is 37.5 Å². The van der Waals surface area contributed by atoms with Gasteiger partial charge < -0.3 is 4.90 Å². The Kier molecular flexibility index (Phi) is 5.23. The number of aryl methyl sites for hydroxylation is 1. The Balaban J connectivity index is 1.64. The van der Waals surface area contributed by atoms with Gasteiger partial charge in [-0.25, -0.2) is 8.42 Å². The molecule has 0 bridgehead atoms. The highest BCUT2D eigenvalue weighted by atomic mass is 32.2. The van der Waals surface area contributed by atoms with Crippen molar-refractivity contribution in [3.63, 3.8) is 0 Å². The molecule has 1 aliphatic carbocycles. The minimum atomic E-state index is -3.43. The van der Waals surface area contributed by atoms with Crippen LogP contribution in [-0.4, -0.2) is 31.0 Å². The minimum Gasteiger partial charge on any atom is -0.335 e. The number of nitrogens with zero attached hydrogens (tertiary/aromatic N) is 1. The van der Waals surface area contributed by atoms with Crippen LogP contribution in [0.25, 0.3) is 0 Å². The van der Waals surface area contributed by atoms with Crippen LogP contribution in [0.15, 0.2) is 59.5 Å². The van der Waals surface area contributed by atoms with Crippen LogP contribution in [-0.2, 0) is 21.2 Å². The van der Waals surface area contributed by atoms with E-state index in [1.54, 1.807) is 24.3 Å². The molecule has 0 saturated heterocycles. The van der Waals surface area contributed by atoms with Crippen molar-refractivity contribution < 1.29 is 13.2 Å². The van der Waals surface area contributed by atoms with Gasteiger partial charge in [0.15, 0.2) is 9.84 Å². The first-order valence-corrected chi connectivity index (χ1v) is 10.2. The molecule has 4 nitrogen and oxygen atoms in total. The Bertz CT molecular complexity index is 825. The summed E-state index contributed by atoms with van der Waals surface area (Å²) in [5.41, 5.74) is 2.09. The van der Waals surface area contributed by atoms with E-state index >= 15 is 0 Å². The molecule has 1 aliphatic rings. The van der Waals surface area contributed by atoms with Gasteiger partial charge in [-0.15, -0.1) is 0 Å². The SMILES string of the molecule is Cc1ccc(S(=O)(=O)CCC(=O)N(Cc2ccccc2)C2CC2)cc1. The van der Waals surface area contributed by atoms with Crippen molar-refractivity contribution >= 4 is 15.7 Å². The topological polar surface area (TPSA) is 54.5 Å². The Labute approximate surface area is 149 Å². The molecule has 5 heteroatoms. The molecule has 0 N–H and O–H groups in total. The molecule has 0 aromatic heterocycles. The summed E-state index contributed by atoms with van der Waals surface area (Å²) in [5.74, 6) is -0.227. The van der Waals surface area contributed by atoms with E-state index in [2.05, 4.69) is 0 Å². The molecule has 0 aliphatic heterocycles. The summed E-state index contributed by atoms with van der Waals surface area (Å²) >= 11 is 0. The lowest BCUT2D eigenvalue weighted by Gasteiger charge is -2.22. The average Bonchev–Trinajstić information content (AvgIpc) is 3.44. The maximum absolute atomic E-state index is 12.6. The molecule has 132 valence electrons. The molecule has 2 aromatic carbocycles. The second-order valence-electron chi connectivity index (χ2n) is 6.62. The van der Waals surface area contributed by atoms with E-state index in [9.17, 15) is 13.2 Å². The average molecular weight is 357 g/mol. The summed E-state index contributed by atoms with van der Waals surface area (Å²) in [6.07, 6.45) is 2.03. The van der Waals surface area contributed by atoms with Crippen molar-refractivity contribution in [2.75, 3.05) is 5.75 Å². The quantitative estimate of drug-likeness (QED) is 0.763. The van der Waals surface area contributed by atoms with Gasteiger partial charge in [0.1, 0.15) is 0 Å². The van der Waals surface area contributed by atoms with Crippen LogP contribution in [0.4, 0.5) is 0 Å². The monoisotopic (exact) mass is 357 g/mol. The highest BCUT2D eigenvalue weighted by Crippen LogP contribution is 2.29. The van der Waals surface area contributed by atoms with Gasteiger partial charge in [-0.2, -0.15) is 0 Å². The molecule has 1 saturated carbocycles. The zero-order chi connectivity index (χ0) is 17.9. The van der Waals surface area contributed by atoms with Crippen LogP contribution in [0, 0.1) is 6.92 Å². The first-order chi connectivity index (χ1) is 12.0. The van der Waals surface area contributed by atoms with E-state index in [0.29, 0.717) is 6.54 Å². The van der Waals surface area contributed by atoms with Crippen molar-refractivity contribution in [1.29, 1.82) is 0 Å². The molecule has 0 spiro atoms. The van der Waals surface area contributed by atoms with Crippen LogP contribution in [0.5, 0.6) is 0 Å². The third-order valence-corrected chi connectivity index (χ3v) is 6.20. The van der Waals surface area contributed by atoms with Gasteiger partial charge in [0.25, 0.3) is 0 Å². The van der Waals surface area contributed by atoms with Crippen molar-refractivity contribution in [2.24, 2.45) is 0 Å². The van der Waals surface area contributed by atoms with Crippen molar-refractivity contribution in [1.82, 2.24) is 4.90 Å². The predicted molar refractivity (Wildman–Crippen MR) is 97.9 cm³/mol. The van der Waals surface area contributed by atoms with Crippen molar-refractivity contribution in [3.05, 3.63) is 65.7 Å². The van der Waals surface area contributed by atoms with E-state index in [-0.39, 0.29) is 29.0 Å². The molecule has 2 aromatic rings. The van der Waals surface area contributed by atoms with Gasteiger partial charge in [0, 0.05) is 19.0 Å². The number of carbonyl (C=O) groups excluding carboxylic acids is 1. The summed E-state index contributed by atoms with van der Waals surface area (Å²) in [6, 6.07) is 16.9. The second kappa shape index (κ2) is 7.40. The smallest absolute Gasteiger partial charge is 0.224 e. The molecular weight excluding hydrogens is 334 g/mol. The lowest BCUT2D eigenvalue weighted by Crippen LogP contribution is -2.33.